The SMILES string of the molecule is CC[C@H](C)NP(=O)(Cl)Oc1ccccc1. The molecule has 0 fully saturated rings. The van der Waals surface area contributed by atoms with E-state index in [0.29, 0.717) is 5.75 Å². The predicted molar refractivity (Wildman–Crippen MR) is 63.4 cm³/mol. The Bertz CT molecular complexity index is 345. The molecule has 1 unspecified atom stereocenters. The number of nitrogens with one attached hydrogen (secondary N) is 1. The van der Waals surface area contributed by atoms with E-state index in [-0.39, 0.29) is 6.04 Å². The van der Waals surface area contributed by atoms with Gasteiger partial charge in [0, 0.05) is 17.3 Å². The molecule has 2 atom stereocenters. The van der Waals surface area contributed by atoms with Gasteiger partial charge in [0.15, 0.2) is 0 Å². The number of benzene rings is 1. The molecule has 1 aromatic rings. The van der Waals surface area contributed by atoms with Gasteiger partial charge in [-0.3, -0.25) is 0 Å². The van der Waals surface area contributed by atoms with E-state index < -0.39 is 6.87 Å². The Morgan fingerprint density at radius 2 is 2.07 bits per heavy atom. The molecule has 0 radical (unpaired) electrons. The minimum absolute atomic E-state index is 0.0667. The number of hydrogen-bond donors (Lipinski definition) is 1. The average molecular weight is 248 g/mol. The van der Waals surface area contributed by atoms with Gasteiger partial charge in [0.05, 0.1) is 0 Å². The molecule has 5 heteroatoms. The fourth-order valence-corrected chi connectivity index (χ4v) is 2.89. The molecule has 84 valence electrons. The fourth-order valence-electron chi connectivity index (χ4n) is 0.998. The summed E-state index contributed by atoms with van der Waals surface area (Å²) in [5.74, 6) is 0.506. The van der Waals surface area contributed by atoms with Crippen LogP contribution in [0.1, 0.15) is 20.3 Å². The molecule has 1 rings (SSSR count). The van der Waals surface area contributed by atoms with E-state index >= 15 is 0 Å². The van der Waals surface area contributed by atoms with Crippen LogP contribution < -0.4 is 9.61 Å². The molecule has 0 amide bonds. The van der Waals surface area contributed by atoms with Crippen molar-refractivity contribution in [2.45, 2.75) is 26.3 Å². The van der Waals surface area contributed by atoms with Crippen LogP contribution in [0, 0.1) is 0 Å². The summed E-state index contributed by atoms with van der Waals surface area (Å²) in [6, 6.07) is 8.96. The van der Waals surface area contributed by atoms with Crippen LogP contribution in [0.15, 0.2) is 30.3 Å². The highest BCUT2D eigenvalue weighted by Gasteiger charge is 2.22. The molecular formula is C10H15ClNO2P. The highest BCUT2D eigenvalue weighted by Crippen LogP contribution is 2.48. The molecule has 0 heterocycles. The Morgan fingerprint density at radius 3 is 2.60 bits per heavy atom. The summed E-state index contributed by atoms with van der Waals surface area (Å²) in [7, 11) is 0. The summed E-state index contributed by atoms with van der Waals surface area (Å²) >= 11 is 5.77. The zero-order valence-corrected chi connectivity index (χ0v) is 10.5. The molecule has 1 N–H and O–H groups in total. The van der Waals surface area contributed by atoms with Gasteiger partial charge in [-0.2, -0.15) is 0 Å². The molecule has 0 aliphatic rings. The highest BCUT2D eigenvalue weighted by atomic mass is 35.7. The van der Waals surface area contributed by atoms with Crippen LogP contribution in [-0.2, 0) is 4.57 Å². The summed E-state index contributed by atoms with van der Waals surface area (Å²) in [4.78, 5) is 0. The first kappa shape index (κ1) is 12.6. The second-order valence-corrected chi connectivity index (χ2v) is 6.06. The maximum atomic E-state index is 11.8. The van der Waals surface area contributed by atoms with Crippen molar-refractivity contribution in [2.75, 3.05) is 0 Å². The maximum Gasteiger partial charge on any atom is 0.409 e. The molecule has 3 nitrogen and oxygen atoms in total. The Hall–Kier alpha value is -0.500. The zero-order chi connectivity index (χ0) is 11.3. The van der Waals surface area contributed by atoms with Crippen LogP contribution >= 0.6 is 18.1 Å². The van der Waals surface area contributed by atoms with Crippen molar-refractivity contribution in [1.82, 2.24) is 5.09 Å². The van der Waals surface area contributed by atoms with E-state index in [1.807, 2.05) is 19.9 Å². The molecule has 0 saturated carbocycles. The molecule has 0 bridgehead atoms. The summed E-state index contributed by atoms with van der Waals surface area (Å²) in [6.45, 7) is 0.624. The van der Waals surface area contributed by atoms with Crippen molar-refractivity contribution in [2.24, 2.45) is 0 Å². The van der Waals surface area contributed by atoms with Crippen LogP contribution in [0.3, 0.4) is 0 Å². The number of halogens is 1. The first-order chi connectivity index (χ1) is 7.03. The lowest BCUT2D eigenvalue weighted by molar-refractivity contribution is 0.470. The van der Waals surface area contributed by atoms with E-state index in [2.05, 4.69) is 5.09 Å². The lowest BCUT2D eigenvalue weighted by atomic mass is 10.3. The lowest BCUT2D eigenvalue weighted by Gasteiger charge is -2.17. The fraction of sp³-hybridized carbons (Fsp3) is 0.400. The highest BCUT2D eigenvalue weighted by molar-refractivity contribution is 7.84. The second kappa shape index (κ2) is 5.55. The lowest BCUT2D eigenvalue weighted by Crippen LogP contribution is -2.22. The van der Waals surface area contributed by atoms with Crippen LogP contribution in [-0.4, -0.2) is 6.04 Å². The monoisotopic (exact) mass is 247 g/mol. The molecular weight excluding hydrogens is 233 g/mol. The summed E-state index contributed by atoms with van der Waals surface area (Å²) in [5, 5.41) is 2.75. The van der Waals surface area contributed by atoms with Gasteiger partial charge in [-0.05, 0) is 25.5 Å². The van der Waals surface area contributed by atoms with E-state index in [1.165, 1.54) is 0 Å². The molecule has 0 aliphatic heterocycles. The predicted octanol–water partition coefficient (Wildman–Crippen LogP) is 3.80. The maximum absolute atomic E-state index is 11.8. The minimum atomic E-state index is -3.26. The third kappa shape index (κ3) is 4.70. The summed E-state index contributed by atoms with van der Waals surface area (Å²) < 4.78 is 17.0. The van der Waals surface area contributed by atoms with E-state index in [4.69, 9.17) is 15.8 Å². The van der Waals surface area contributed by atoms with Gasteiger partial charge in [-0.25, -0.2) is 9.65 Å². The van der Waals surface area contributed by atoms with Gasteiger partial charge >= 0.3 is 6.87 Å². The topological polar surface area (TPSA) is 38.3 Å². The molecule has 1 aromatic carbocycles. The van der Waals surface area contributed by atoms with Crippen molar-refractivity contribution in [3.05, 3.63) is 30.3 Å². The van der Waals surface area contributed by atoms with E-state index in [9.17, 15) is 4.57 Å². The zero-order valence-electron chi connectivity index (χ0n) is 8.81. The Labute approximate surface area is 95.1 Å². The van der Waals surface area contributed by atoms with Gasteiger partial charge in [0.2, 0.25) is 0 Å². The minimum Gasteiger partial charge on any atom is -0.422 e. The van der Waals surface area contributed by atoms with Gasteiger partial charge in [-0.1, -0.05) is 25.1 Å². The summed E-state index contributed by atoms with van der Waals surface area (Å²) in [5.41, 5.74) is 0. The first-order valence-electron chi connectivity index (χ1n) is 4.85. The van der Waals surface area contributed by atoms with Crippen molar-refractivity contribution in [3.63, 3.8) is 0 Å². The van der Waals surface area contributed by atoms with Crippen molar-refractivity contribution < 1.29 is 9.09 Å². The van der Waals surface area contributed by atoms with Crippen molar-refractivity contribution in [1.29, 1.82) is 0 Å². The average Bonchev–Trinajstić information content (AvgIpc) is 2.17. The number of rotatable bonds is 5. The largest absolute Gasteiger partial charge is 0.422 e. The standard InChI is InChI=1S/C10H15ClNO2P/c1-3-9(2)12-15(11,13)14-10-7-5-4-6-8-10/h4-9H,3H2,1-2H3,(H,12,13)/t9-,15?/m0/s1. The normalized spacial score (nSPS) is 16.7. The third-order valence-corrected chi connectivity index (χ3v) is 3.65. The first-order valence-corrected chi connectivity index (χ1v) is 7.38. The second-order valence-electron chi connectivity index (χ2n) is 3.32. The van der Waals surface area contributed by atoms with Crippen molar-refractivity contribution in [3.8, 4) is 5.75 Å². The van der Waals surface area contributed by atoms with E-state index in [1.54, 1.807) is 24.3 Å². The van der Waals surface area contributed by atoms with Crippen LogP contribution in [0.25, 0.3) is 0 Å². The molecule has 0 saturated heterocycles. The molecule has 0 aromatic heterocycles. The number of hydrogen-bond acceptors (Lipinski definition) is 2. The van der Waals surface area contributed by atoms with Crippen LogP contribution in [0.5, 0.6) is 5.75 Å². The Balaban J connectivity index is 2.61. The van der Waals surface area contributed by atoms with Gasteiger partial charge in [0.1, 0.15) is 5.75 Å². The molecule has 15 heavy (non-hydrogen) atoms. The number of para-hydroxylation sites is 1. The van der Waals surface area contributed by atoms with Crippen molar-refractivity contribution >= 4 is 18.1 Å². The van der Waals surface area contributed by atoms with Crippen LogP contribution in [0.2, 0.25) is 0 Å². The van der Waals surface area contributed by atoms with Gasteiger partial charge < -0.3 is 4.52 Å². The third-order valence-electron chi connectivity index (χ3n) is 1.95. The Kier molecular flexibility index (Phi) is 4.65. The molecule has 0 aliphatic carbocycles. The van der Waals surface area contributed by atoms with Gasteiger partial charge in [-0.15, -0.1) is 0 Å². The summed E-state index contributed by atoms with van der Waals surface area (Å²) in [6.07, 6.45) is 0.842. The Morgan fingerprint density at radius 1 is 1.47 bits per heavy atom. The van der Waals surface area contributed by atoms with E-state index in [0.717, 1.165) is 6.42 Å². The van der Waals surface area contributed by atoms with Crippen LogP contribution in [0.4, 0.5) is 0 Å². The van der Waals surface area contributed by atoms with Gasteiger partial charge in [0.25, 0.3) is 0 Å². The smallest absolute Gasteiger partial charge is 0.409 e. The molecule has 0 spiro atoms. The quantitative estimate of drug-likeness (QED) is 0.805.